The first-order valence-electron chi connectivity index (χ1n) is 8.68. The molecule has 1 aromatic carbocycles. The number of hydrogen-bond donors (Lipinski definition) is 1. The molecule has 0 aromatic heterocycles. The van der Waals surface area contributed by atoms with Crippen LogP contribution in [0.15, 0.2) is 53.2 Å². The fraction of sp³-hybridized carbons (Fsp3) is 0.350. The number of amides is 2. The number of aryl methyl sites for hydroxylation is 1. The second-order valence-electron chi connectivity index (χ2n) is 6.87. The summed E-state index contributed by atoms with van der Waals surface area (Å²) in [5.74, 6) is -0.243. The first kappa shape index (κ1) is 18.0. The van der Waals surface area contributed by atoms with Crippen molar-refractivity contribution in [3.05, 3.63) is 59.6 Å². The van der Waals surface area contributed by atoms with Gasteiger partial charge in [-0.1, -0.05) is 12.1 Å². The molecule has 5 nitrogen and oxygen atoms in total. The topological polar surface area (TPSA) is 61.8 Å². The van der Waals surface area contributed by atoms with Gasteiger partial charge in [0.1, 0.15) is 17.2 Å². The molecule has 0 fully saturated rings. The fourth-order valence-corrected chi connectivity index (χ4v) is 3.17. The van der Waals surface area contributed by atoms with Crippen LogP contribution in [-0.4, -0.2) is 34.6 Å². The molecule has 1 aromatic rings. The lowest BCUT2D eigenvalue weighted by molar-refractivity contribution is -0.134. The number of fused-ring (bicyclic) bond motifs is 1. The number of halogens is 1. The Labute approximate surface area is 152 Å². The quantitative estimate of drug-likeness (QED) is 0.826. The molecular weight excluding hydrogens is 333 g/mol. The van der Waals surface area contributed by atoms with E-state index in [9.17, 15) is 14.0 Å². The molecule has 2 amide bonds. The van der Waals surface area contributed by atoms with Crippen LogP contribution in [0.2, 0.25) is 0 Å². The third-order valence-corrected chi connectivity index (χ3v) is 4.69. The highest BCUT2D eigenvalue weighted by Gasteiger charge is 2.45. The highest BCUT2D eigenvalue weighted by atomic mass is 19.1. The van der Waals surface area contributed by atoms with Crippen LogP contribution in [0.4, 0.5) is 4.39 Å². The zero-order chi connectivity index (χ0) is 18.7. The van der Waals surface area contributed by atoms with Gasteiger partial charge in [0.15, 0.2) is 0 Å². The Morgan fingerprint density at radius 3 is 2.81 bits per heavy atom. The van der Waals surface area contributed by atoms with Crippen molar-refractivity contribution in [1.29, 1.82) is 0 Å². The average Bonchev–Trinajstić information content (AvgIpc) is 2.59. The summed E-state index contributed by atoms with van der Waals surface area (Å²) in [6.45, 7) is 4.16. The summed E-state index contributed by atoms with van der Waals surface area (Å²) in [5, 5.41) is 2.92. The van der Waals surface area contributed by atoms with Crippen LogP contribution in [0.25, 0.3) is 0 Å². The Kier molecular flexibility index (Phi) is 5.02. The van der Waals surface area contributed by atoms with Gasteiger partial charge >= 0.3 is 0 Å². The number of carbonyl (C=O) groups is 2. The summed E-state index contributed by atoms with van der Waals surface area (Å²) in [4.78, 5) is 30.6. The fourth-order valence-electron chi connectivity index (χ4n) is 3.17. The Morgan fingerprint density at radius 2 is 2.08 bits per heavy atom. The maximum atomic E-state index is 12.9. The molecule has 1 unspecified atom stereocenters. The van der Waals surface area contributed by atoms with E-state index in [1.54, 1.807) is 36.2 Å². The first-order valence-corrected chi connectivity index (χ1v) is 8.68. The molecule has 0 spiro atoms. The van der Waals surface area contributed by atoms with E-state index in [0.29, 0.717) is 12.4 Å². The summed E-state index contributed by atoms with van der Waals surface area (Å²) in [6.07, 6.45) is 7.02. The van der Waals surface area contributed by atoms with Crippen LogP contribution in [-0.2, 0) is 16.0 Å². The van der Waals surface area contributed by atoms with Gasteiger partial charge in [-0.25, -0.2) is 4.39 Å². The molecule has 1 N–H and O–H groups in total. The number of rotatable bonds is 5. The van der Waals surface area contributed by atoms with E-state index in [1.165, 1.54) is 12.1 Å². The number of benzene rings is 1. The van der Waals surface area contributed by atoms with Gasteiger partial charge in [0, 0.05) is 12.7 Å². The number of carbonyl (C=O) groups excluding carboxylic acids is 2. The second kappa shape index (κ2) is 7.23. The molecule has 0 bridgehead atoms. The van der Waals surface area contributed by atoms with Crippen molar-refractivity contribution in [2.24, 2.45) is 4.99 Å². The van der Waals surface area contributed by atoms with Crippen molar-refractivity contribution in [3.8, 4) is 0 Å². The molecule has 26 heavy (non-hydrogen) atoms. The zero-order valence-corrected chi connectivity index (χ0v) is 15.0. The van der Waals surface area contributed by atoms with E-state index in [1.807, 2.05) is 13.0 Å². The van der Waals surface area contributed by atoms with Crippen LogP contribution in [0.5, 0.6) is 0 Å². The Morgan fingerprint density at radius 1 is 1.35 bits per heavy atom. The molecular formula is C20H22FN3O2. The van der Waals surface area contributed by atoms with Gasteiger partial charge in [-0.2, -0.15) is 4.99 Å². The van der Waals surface area contributed by atoms with Crippen molar-refractivity contribution in [2.45, 2.75) is 38.6 Å². The van der Waals surface area contributed by atoms with Gasteiger partial charge in [-0.15, -0.1) is 0 Å². The smallest absolute Gasteiger partial charge is 0.250 e. The zero-order valence-electron chi connectivity index (χ0n) is 15.0. The predicted octanol–water partition coefficient (Wildman–Crippen LogP) is 2.74. The van der Waals surface area contributed by atoms with E-state index in [2.05, 4.69) is 10.3 Å². The second-order valence-corrected chi connectivity index (χ2v) is 6.87. The molecule has 0 saturated heterocycles. The van der Waals surface area contributed by atoms with E-state index >= 15 is 0 Å². The Hall–Kier alpha value is -2.76. The lowest BCUT2D eigenvalue weighted by Crippen LogP contribution is -2.60. The largest absolute Gasteiger partial charge is 0.354 e. The number of hydrogen-bond acceptors (Lipinski definition) is 3. The van der Waals surface area contributed by atoms with Crippen LogP contribution in [0.3, 0.4) is 0 Å². The number of aliphatic imine (C=N–C) groups is 1. The summed E-state index contributed by atoms with van der Waals surface area (Å²) in [6, 6.07) is 6.35. The first-order chi connectivity index (χ1) is 12.4. The van der Waals surface area contributed by atoms with Gasteiger partial charge in [0.2, 0.25) is 5.91 Å². The van der Waals surface area contributed by atoms with Crippen LogP contribution in [0, 0.1) is 5.82 Å². The SMILES string of the molecule is CC1=CC2=NC(=O)CC(C)(C(=O)NCCCc3ccc(F)cc3)N2C=C1. The van der Waals surface area contributed by atoms with Gasteiger partial charge in [0.25, 0.3) is 5.91 Å². The van der Waals surface area contributed by atoms with E-state index in [4.69, 9.17) is 0 Å². The predicted molar refractivity (Wildman–Crippen MR) is 97.9 cm³/mol. The van der Waals surface area contributed by atoms with Crippen molar-refractivity contribution in [1.82, 2.24) is 10.2 Å². The summed E-state index contributed by atoms with van der Waals surface area (Å²) in [7, 11) is 0. The molecule has 0 radical (unpaired) electrons. The molecule has 6 heteroatoms. The van der Waals surface area contributed by atoms with E-state index < -0.39 is 5.54 Å². The third kappa shape index (κ3) is 3.74. The Bertz CT molecular complexity index is 811. The monoisotopic (exact) mass is 355 g/mol. The standard InChI is InChI=1S/C20H22FN3O2/c1-14-9-11-24-17(12-14)23-18(25)13-20(24,2)19(26)22-10-3-4-15-5-7-16(21)8-6-15/h5-9,11-12H,3-4,10,13H2,1-2H3,(H,22,26). The highest BCUT2D eigenvalue weighted by Crippen LogP contribution is 2.29. The van der Waals surface area contributed by atoms with E-state index in [-0.39, 0.29) is 24.1 Å². The maximum absolute atomic E-state index is 12.9. The molecule has 136 valence electrons. The highest BCUT2D eigenvalue weighted by molar-refractivity contribution is 6.09. The van der Waals surface area contributed by atoms with Gasteiger partial charge in [-0.05, 0) is 62.1 Å². The van der Waals surface area contributed by atoms with Gasteiger partial charge in [-0.3, -0.25) is 9.59 Å². The summed E-state index contributed by atoms with van der Waals surface area (Å²) in [5.41, 5.74) is 1.02. The summed E-state index contributed by atoms with van der Waals surface area (Å²) < 4.78 is 12.9. The molecule has 0 aliphatic carbocycles. The van der Waals surface area contributed by atoms with Crippen LogP contribution in [0.1, 0.15) is 32.3 Å². The molecule has 1 atom stereocenters. The number of amidine groups is 1. The number of allylic oxidation sites excluding steroid dienone is 2. The molecule has 2 aliphatic heterocycles. The van der Waals surface area contributed by atoms with E-state index in [0.717, 1.165) is 24.0 Å². The minimum Gasteiger partial charge on any atom is -0.354 e. The maximum Gasteiger partial charge on any atom is 0.250 e. The van der Waals surface area contributed by atoms with Crippen LogP contribution < -0.4 is 5.32 Å². The molecule has 0 saturated carbocycles. The number of nitrogens with one attached hydrogen (secondary N) is 1. The van der Waals surface area contributed by atoms with Crippen molar-refractivity contribution < 1.29 is 14.0 Å². The minimum absolute atomic E-state index is 0.0392. The normalized spacial score (nSPS) is 21.8. The van der Waals surface area contributed by atoms with Gasteiger partial charge in [0.05, 0.1) is 6.42 Å². The number of nitrogens with zero attached hydrogens (tertiary/aromatic N) is 2. The van der Waals surface area contributed by atoms with Crippen molar-refractivity contribution in [2.75, 3.05) is 6.54 Å². The molecule has 2 aliphatic rings. The van der Waals surface area contributed by atoms with Gasteiger partial charge < -0.3 is 10.2 Å². The minimum atomic E-state index is -0.988. The molecule has 2 heterocycles. The lowest BCUT2D eigenvalue weighted by Gasteiger charge is -2.42. The molecule has 3 rings (SSSR count). The lowest BCUT2D eigenvalue weighted by atomic mass is 9.90. The third-order valence-electron chi connectivity index (χ3n) is 4.69. The van der Waals surface area contributed by atoms with Crippen molar-refractivity contribution in [3.63, 3.8) is 0 Å². The summed E-state index contributed by atoms with van der Waals surface area (Å²) >= 11 is 0. The van der Waals surface area contributed by atoms with Crippen LogP contribution >= 0.6 is 0 Å². The van der Waals surface area contributed by atoms with Crippen molar-refractivity contribution >= 4 is 17.6 Å². The Balaban J connectivity index is 1.60. The average molecular weight is 355 g/mol.